The summed E-state index contributed by atoms with van der Waals surface area (Å²) in [4.78, 5) is 2.53. The lowest BCUT2D eigenvalue weighted by Crippen LogP contribution is -2.33. The first-order valence-electron chi connectivity index (χ1n) is 9.82. The summed E-state index contributed by atoms with van der Waals surface area (Å²) < 4.78 is 7.76. The first-order chi connectivity index (χ1) is 13.2. The summed E-state index contributed by atoms with van der Waals surface area (Å²) >= 11 is 0. The fourth-order valence-electron chi connectivity index (χ4n) is 4.03. The Labute approximate surface area is 161 Å². The number of aromatic nitrogens is 2. The Hall–Kier alpha value is -2.37. The van der Waals surface area contributed by atoms with Crippen molar-refractivity contribution in [3.8, 4) is 5.69 Å². The summed E-state index contributed by atoms with van der Waals surface area (Å²) in [5.74, 6) is 1.05. The van der Waals surface area contributed by atoms with Crippen LogP contribution in [0.15, 0.2) is 53.1 Å². The lowest BCUT2D eigenvalue weighted by atomic mass is 10.1. The maximum Gasteiger partial charge on any atom is 0.122 e. The molecule has 5 nitrogen and oxygen atoms in total. The summed E-state index contributed by atoms with van der Waals surface area (Å²) in [5, 5.41) is 8.41. The topological polar surface area (TPSA) is 46.2 Å². The molecule has 1 fully saturated rings. The quantitative estimate of drug-likeness (QED) is 0.688. The van der Waals surface area contributed by atoms with E-state index in [9.17, 15) is 0 Å². The van der Waals surface area contributed by atoms with E-state index >= 15 is 0 Å². The van der Waals surface area contributed by atoms with E-state index in [1.165, 1.54) is 24.1 Å². The van der Waals surface area contributed by atoms with Crippen LogP contribution in [-0.2, 0) is 6.54 Å². The maximum absolute atomic E-state index is 5.72. The summed E-state index contributed by atoms with van der Waals surface area (Å²) in [6, 6.07) is 14.7. The lowest BCUT2D eigenvalue weighted by molar-refractivity contribution is 0.209. The van der Waals surface area contributed by atoms with Crippen LogP contribution in [0.4, 0.5) is 0 Å². The summed E-state index contributed by atoms with van der Waals surface area (Å²) in [6.45, 7) is 8.23. The van der Waals surface area contributed by atoms with Crippen molar-refractivity contribution in [2.24, 2.45) is 0 Å². The molecule has 27 heavy (non-hydrogen) atoms. The Morgan fingerprint density at radius 2 is 1.85 bits per heavy atom. The summed E-state index contributed by atoms with van der Waals surface area (Å²) in [7, 11) is 0. The van der Waals surface area contributed by atoms with Gasteiger partial charge in [-0.05, 0) is 64.0 Å². The first kappa shape index (κ1) is 18.0. The second-order valence-electron chi connectivity index (χ2n) is 7.30. The average molecular weight is 364 g/mol. The van der Waals surface area contributed by atoms with Crippen LogP contribution in [-0.4, -0.2) is 34.3 Å². The molecular weight excluding hydrogens is 336 g/mol. The Bertz CT molecular complexity index is 848. The molecular formula is C22H28N4O. The third-order valence-corrected chi connectivity index (χ3v) is 5.53. The highest BCUT2D eigenvalue weighted by Gasteiger charge is 2.25. The Morgan fingerprint density at radius 1 is 1.07 bits per heavy atom. The molecule has 0 aliphatic carbocycles. The van der Waals surface area contributed by atoms with Crippen molar-refractivity contribution in [3.63, 3.8) is 0 Å². The van der Waals surface area contributed by atoms with Crippen molar-refractivity contribution in [2.45, 2.75) is 39.3 Å². The molecule has 1 atom stereocenters. The molecule has 0 unspecified atom stereocenters. The second-order valence-corrected chi connectivity index (χ2v) is 7.30. The number of nitrogens with zero attached hydrogens (tertiary/aromatic N) is 3. The van der Waals surface area contributed by atoms with Crippen molar-refractivity contribution in [2.75, 3.05) is 19.6 Å². The Balaban J connectivity index is 1.46. The molecule has 0 bridgehead atoms. The zero-order valence-electron chi connectivity index (χ0n) is 16.2. The number of hydrogen-bond donors (Lipinski definition) is 1. The maximum atomic E-state index is 5.72. The molecule has 0 radical (unpaired) electrons. The standard InChI is InChI=1S/C22H28N4O/c1-17-20(18(2)26(24-17)19-9-4-3-5-10-19)15-23-16-21(22-11-8-14-27-22)25-12-6-7-13-25/h3-5,8-11,14,21,23H,6-7,12-13,15-16H2,1-2H3/t21-/m1/s1. The van der Waals surface area contributed by atoms with E-state index in [-0.39, 0.29) is 0 Å². The van der Waals surface area contributed by atoms with Gasteiger partial charge in [0.1, 0.15) is 5.76 Å². The van der Waals surface area contributed by atoms with Crippen LogP contribution in [0.3, 0.4) is 0 Å². The lowest BCUT2D eigenvalue weighted by Gasteiger charge is -2.26. The van der Waals surface area contributed by atoms with Crippen molar-refractivity contribution in [1.82, 2.24) is 20.0 Å². The molecule has 1 N–H and O–H groups in total. The summed E-state index contributed by atoms with van der Waals surface area (Å²) in [5.41, 5.74) is 4.66. The number of para-hydroxylation sites is 1. The van der Waals surface area contributed by atoms with Gasteiger partial charge in [0.2, 0.25) is 0 Å². The van der Waals surface area contributed by atoms with E-state index < -0.39 is 0 Å². The normalized spacial score (nSPS) is 16.1. The van der Waals surface area contributed by atoms with Crippen LogP contribution in [0.5, 0.6) is 0 Å². The molecule has 3 heterocycles. The number of rotatable bonds is 7. The van der Waals surface area contributed by atoms with E-state index in [2.05, 4.69) is 42.3 Å². The number of nitrogens with one attached hydrogen (secondary N) is 1. The zero-order valence-corrected chi connectivity index (χ0v) is 16.2. The number of benzene rings is 1. The van der Waals surface area contributed by atoms with E-state index in [1.807, 2.05) is 28.9 Å². The molecule has 0 amide bonds. The minimum absolute atomic E-state index is 0.298. The van der Waals surface area contributed by atoms with Gasteiger partial charge in [-0.15, -0.1) is 0 Å². The van der Waals surface area contributed by atoms with E-state index in [0.29, 0.717) is 6.04 Å². The number of hydrogen-bond acceptors (Lipinski definition) is 4. The van der Waals surface area contributed by atoms with Crippen LogP contribution in [0.1, 0.15) is 41.6 Å². The first-order valence-corrected chi connectivity index (χ1v) is 9.82. The third kappa shape index (κ3) is 3.84. The number of likely N-dealkylation sites (tertiary alicyclic amines) is 1. The van der Waals surface area contributed by atoms with Gasteiger partial charge in [0.15, 0.2) is 0 Å². The van der Waals surface area contributed by atoms with Gasteiger partial charge in [-0.2, -0.15) is 5.10 Å². The molecule has 1 aliphatic rings. The van der Waals surface area contributed by atoms with Crippen LogP contribution in [0.25, 0.3) is 5.69 Å². The van der Waals surface area contributed by atoms with Gasteiger partial charge >= 0.3 is 0 Å². The number of furan rings is 1. The molecule has 0 saturated carbocycles. The monoisotopic (exact) mass is 364 g/mol. The molecule has 5 heteroatoms. The fourth-order valence-corrected chi connectivity index (χ4v) is 4.03. The van der Waals surface area contributed by atoms with Gasteiger partial charge in [0.05, 0.1) is 23.7 Å². The van der Waals surface area contributed by atoms with Crippen LogP contribution in [0, 0.1) is 13.8 Å². The molecule has 3 aromatic rings. The van der Waals surface area contributed by atoms with Crippen molar-refractivity contribution >= 4 is 0 Å². The van der Waals surface area contributed by atoms with E-state index in [0.717, 1.165) is 43.3 Å². The summed E-state index contributed by atoms with van der Waals surface area (Å²) in [6.07, 6.45) is 4.33. The SMILES string of the molecule is Cc1nn(-c2ccccc2)c(C)c1CNC[C@H](c1ccco1)N1CCCC1. The van der Waals surface area contributed by atoms with Crippen molar-refractivity contribution in [1.29, 1.82) is 0 Å². The highest BCUT2D eigenvalue weighted by Crippen LogP contribution is 2.25. The molecule has 4 rings (SSSR count). The van der Waals surface area contributed by atoms with Gasteiger partial charge in [-0.3, -0.25) is 4.90 Å². The van der Waals surface area contributed by atoms with Crippen LogP contribution in [0.2, 0.25) is 0 Å². The predicted octanol–water partition coefficient (Wildman–Crippen LogP) is 4.01. The molecule has 1 aromatic carbocycles. The Kier molecular flexibility index (Phi) is 5.41. The van der Waals surface area contributed by atoms with Crippen molar-refractivity contribution in [3.05, 3.63) is 71.4 Å². The molecule has 2 aromatic heterocycles. The molecule has 0 spiro atoms. The van der Waals surface area contributed by atoms with E-state index in [1.54, 1.807) is 6.26 Å². The van der Waals surface area contributed by atoms with Gasteiger partial charge in [0.25, 0.3) is 0 Å². The van der Waals surface area contributed by atoms with Gasteiger partial charge in [0, 0.05) is 24.3 Å². The number of aryl methyl sites for hydroxylation is 1. The average Bonchev–Trinajstić information content (AvgIpc) is 3.44. The van der Waals surface area contributed by atoms with Gasteiger partial charge < -0.3 is 9.73 Å². The molecule has 1 aliphatic heterocycles. The van der Waals surface area contributed by atoms with Crippen LogP contribution >= 0.6 is 0 Å². The highest BCUT2D eigenvalue weighted by molar-refractivity contribution is 5.36. The fraction of sp³-hybridized carbons (Fsp3) is 0.409. The largest absolute Gasteiger partial charge is 0.468 e. The van der Waals surface area contributed by atoms with Crippen molar-refractivity contribution < 1.29 is 4.42 Å². The van der Waals surface area contributed by atoms with E-state index in [4.69, 9.17) is 9.52 Å². The van der Waals surface area contributed by atoms with Gasteiger partial charge in [-0.1, -0.05) is 18.2 Å². The van der Waals surface area contributed by atoms with Crippen LogP contribution < -0.4 is 5.32 Å². The second kappa shape index (κ2) is 8.11. The molecule has 1 saturated heterocycles. The Morgan fingerprint density at radius 3 is 2.56 bits per heavy atom. The third-order valence-electron chi connectivity index (χ3n) is 5.53. The minimum Gasteiger partial charge on any atom is -0.468 e. The minimum atomic E-state index is 0.298. The predicted molar refractivity (Wildman–Crippen MR) is 107 cm³/mol. The van der Waals surface area contributed by atoms with Gasteiger partial charge in [-0.25, -0.2) is 4.68 Å². The zero-order chi connectivity index (χ0) is 18.6. The highest BCUT2D eigenvalue weighted by atomic mass is 16.3. The smallest absolute Gasteiger partial charge is 0.122 e. The molecule has 142 valence electrons.